The largest absolute Gasteiger partial charge is 0.0850 e. The molecule has 0 aliphatic heterocycles. The van der Waals surface area contributed by atoms with Gasteiger partial charge < -0.3 is 0 Å². The van der Waals surface area contributed by atoms with Crippen molar-refractivity contribution in [1.29, 1.82) is 0 Å². The van der Waals surface area contributed by atoms with Crippen LogP contribution in [0.5, 0.6) is 0 Å². The van der Waals surface area contributed by atoms with E-state index in [9.17, 15) is 0 Å². The van der Waals surface area contributed by atoms with E-state index in [2.05, 4.69) is 19.9 Å². The molecule has 0 heterocycles. The second kappa shape index (κ2) is 1.62. The maximum atomic E-state index is 2.43. The van der Waals surface area contributed by atoms with Crippen molar-refractivity contribution in [3.8, 4) is 0 Å². The lowest BCUT2D eigenvalue weighted by molar-refractivity contribution is 0.104. The molecule has 0 spiro atoms. The van der Waals surface area contributed by atoms with Crippen LogP contribution in [0.15, 0.2) is 11.6 Å². The molecule has 0 saturated heterocycles. The maximum absolute atomic E-state index is 2.43. The van der Waals surface area contributed by atoms with Gasteiger partial charge in [0, 0.05) is 0 Å². The average molecular weight is 122 g/mol. The Labute approximate surface area is 57.0 Å². The summed E-state index contributed by atoms with van der Waals surface area (Å²) in [5, 5.41) is 0. The Hall–Kier alpha value is -0.260. The van der Waals surface area contributed by atoms with Crippen LogP contribution >= 0.6 is 0 Å². The van der Waals surface area contributed by atoms with Crippen molar-refractivity contribution >= 4 is 0 Å². The first-order valence-electron chi connectivity index (χ1n) is 3.95. The molecule has 0 aromatic carbocycles. The standard InChI is InChI=1S/C9H14/c1-6-3-4-8-5-9(6)7(8)2/h3,7-9H,4-5H2,1-2H3/t7?,8-,9-/m0/s1. The van der Waals surface area contributed by atoms with Gasteiger partial charge in [0.1, 0.15) is 0 Å². The van der Waals surface area contributed by atoms with E-state index < -0.39 is 0 Å². The van der Waals surface area contributed by atoms with Gasteiger partial charge in [-0.2, -0.15) is 0 Å². The number of hydrogen-bond acceptors (Lipinski definition) is 0. The number of allylic oxidation sites excluding steroid dienone is 2. The fourth-order valence-corrected chi connectivity index (χ4v) is 2.29. The normalized spacial score (nSPS) is 47.8. The minimum absolute atomic E-state index is 0.976. The van der Waals surface area contributed by atoms with Crippen LogP contribution in [-0.2, 0) is 0 Å². The van der Waals surface area contributed by atoms with Crippen molar-refractivity contribution in [1.82, 2.24) is 0 Å². The van der Waals surface area contributed by atoms with E-state index in [1.807, 2.05) is 0 Å². The first-order valence-corrected chi connectivity index (χ1v) is 3.95. The molecule has 0 aromatic heterocycles. The molecule has 0 heteroatoms. The summed E-state index contributed by atoms with van der Waals surface area (Å²) in [5.74, 6) is 3.04. The Bertz CT molecular complexity index is 155. The zero-order valence-corrected chi connectivity index (χ0v) is 6.22. The van der Waals surface area contributed by atoms with Crippen molar-refractivity contribution in [2.45, 2.75) is 26.7 Å². The fraction of sp³-hybridized carbons (Fsp3) is 0.778. The summed E-state index contributed by atoms with van der Waals surface area (Å²) in [4.78, 5) is 0. The van der Waals surface area contributed by atoms with Crippen molar-refractivity contribution in [2.75, 3.05) is 0 Å². The van der Waals surface area contributed by atoms with Gasteiger partial charge in [0.25, 0.3) is 0 Å². The van der Waals surface area contributed by atoms with E-state index in [-0.39, 0.29) is 0 Å². The summed E-state index contributed by atoms with van der Waals surface area (Å²) >= 11 is 0. The van der Waals surface area contributed by atoms with Crippen LogP contribution in [0.2, 0.25) is 0 Å². The van der Waals surface area contributed by atoms with Gasteiger partial charge in [0.2, 0.25) is 0 Å². The monoisotopic (exact) mass is 122 g/mol. The highest BCUT2D eigenvalue weighted by Crippen LogP contribution is 2.49. The third-order valence-electron chi connectivity index (χ3n) is 3.26. The zero-order chi connectivity index (χ0) is 6.43. The Balaban J connectivity index is 2.22. The third-order valence-corrected chi connectivity index (χ3v) is 3.26. The summed E-state index contributed by atoms with van der Waals surface area (Å²) in [6.45, 7) is 4.69. The van der Waals surface area contributed by atoms with Gasteiger partial charge in [0.15, 0.2) is 0 Å². The number of hydrogen-bond donors (Lipinski definition) is 0. The van der Waals surface area contributed by atoms with E-state index >= 15 is 0 Å². The zero-order valence-electron chi connectivity index (χ0n) is 6.22. The highest BCUT2D eigenvalue weighted by atomic mass is 14.4. The van der Waals surface area contributed by atoms with E-state index in [4.69, 9.17) is 0 Å². The van der Waals surface area contributed by atoms with Crippen LogP contribution < -0.4 is 0 Å². The summed E-state index contributed by atoms with van der Waals surface area (Å²) in [7, 11) is 0. The first-order chi connectivity index (χ1) is 4.29. The molecule has 1 unspecified atom stereocenters. The molecule has 2 bridgehead atoms. The van der Waals surface area contributed by atoms with E-state index in [0.717, 1.165) is 17.8 Å². The molecule has 9 heavy (non-hydrogen) atoms. The predicted octanol–water partition coefficient (Wildman–Crippen LogP) is 2.61. The maximum Gasteiger partial charge on any atom is -0.0175 e. The van der Waals surface area contributed by atoms with Gasteiger partial charge in [-0.3, -0.25) is 0 Å². The van der Waals surface area contributed by atoms with Crippen LogP contribution in [0, 0.1) is 17.8 Å². The first kappa shape index (κ1) is 5.52. The lowest BCUT2D eigenvalue weighted by atomic mass is 9.58. The van der Waals surface area contributed by atoms with Crippen LogP contribution in [0.1, 0.15) is 26.7 Å². The second-order valence-corrected chi connectivity index (χ2v) is 3.65. The molecule has 1 saturated carbocycles. The molecule has 50 valence electrons. The second-order valence-electron chi connectivity index (χ2n) is 3.65. The van der Waals surface area contributed by atoms with Crippen LogP contribution in [0.3, 0.4) is 0 Å². The SMILES string of the molecule is CC1=CC[C@H]2C[C@@H]1C2C. The molecular weight excluding hydrogens is 108 g/mol. The summed E-state index contributed by atoms with van der Waals surface area (Å²) in [5.41, 5.74) is 1.66. The van der Waals surface area contributed by atoms with Crippen molar-refractivity contribution < 1.29 is 0 Å². The number of rotatable bonds is 0. The molecule has 1 fully saturated rings. The van der Waals surface area contributed by atoms with Crippen molar-refractivity contribution in [2.24, 2.45) is 17.8 Å². The van der Waals surface area contributed by atoms with E-state index in [1.165, 1.54) is 12.8 Å². The van der Waals surface area contributed by atoms with Gasteiger partial charge in [-0.05, 0) is 37.5 Å². The number of fused-ring (bicyclic) bond motifs is 1. The van der Waals surface area contributed by atoms with E-state index in [0.29, 0.717) is 0 Å². The van der Waals surface area contributed by atoms with E-state index in [1.54, 1.807) is 5.57 Å². The molecule has 0 radical (unpaired) electrons. The highest BCUT2D eigenvalue weighted by Gasteiger charge is 2.40. The summed E-state index contributed by atoms with van der Waals surface area (Å²) in [6, 6.07) is 0. The molecule has 3 aliphatic rings. The van der Waals surface area contributed by atoms with Gasteiger partial charge in [-0.1, -0.05) is 18.6 Å². The molecule has 0 aromatic rings. The lowest BCUT2D eigenvalue weighted by Gasteiger charge is -2.47. The Morgan fingerprint density at radius 1 is 1.56 bits per heavy atom. The third kappa shape index (κ3) is 0.593. The van der Waals surface area contributed by atoms with Gasteiger partial charge in [-0.25, -0.2) is 0 Å². The molecule has 3 rings (SSSR count). The van der Waals surface area contributed by atoms with Gasteiger partial charge >= 0.3 is 0 Å². The molecule has 0 nitrogen and oxygen atoms in total. The quantitative estimate of drug-likeness (QED) is 0.433. The smallest absolute Gasteiger partial charge is 0.0175 e. The molecular formula is C9H14. The topological polar surface area (TPSA) is 0 Å². The lowest BCUT2D eigenvalue weighted by Crippen LogP contribution is -2.37. The van der Waals surface area contributed by atoms with Gasteiger partial charge in [-0.15, -0.1) is 0 Å². The Morgan fingerprint density at radius 2 is 2.33 bits per heavy atom. The fourth-order valence-electron chi connectivity index (χ4n) is 2.29. The van der Waals surface area contributed by atoms with Crippen molar-refractivity contribution in [3.63, 3.8) is 0 Å². The molecule has 3 atom stereocenters. The average Bonchev–Trinajstić information content (AvgIpc) is 1.86. The summed E-state index contributed by atoms with van der Waals surface area (Å²) < 4.78 is 0. The Morgan fingerprint density at radius 3 is 2.67 bits per heavy atom. The molecule has 0 amide bonds. The van der Waals surface area contributed by atoms with Crippen LogP contribution in [0.25, 0.3) is 0 Å². The van der Waals surface area contributed by atoms with Gasteiger partial charge in [0.05, 0.1) is 0 Å². The minimum atomic E-state index is 0.976. The predicted molar refractivity (Wildman–Crippen MR) is 39.1 cm³/mol. The summed E-state index contributed by atoms with van der Waals surface area (Å²) in [6.07, 6.45) is 5.28. The molecule has 0 N–H and O–H groups in total. The van der Waals surface area contributed by atoms with Crippen LogP contribution in [-0.4, -0.2) is 0 Å². The van der Waals surface area contributed by atoms with Crippen LogP contribution in [0.4, 0.5) is 0 Å². The highest BCUT2D eigenvalue weighted by molar-refractivity contribution is 5.16. The minimum Gasteiger partial charge on any atom is -0.0850 e. The Kier molecular flexibility index (Phi) is 0.992. The molecule has 3 aliphatic carbocycles. The van der Waals surface area contributed by atoms with Crippen molar-refractivity contribution in [3.05, 3.63) is 11.6 Å².